The minimum atomic E-state index is -0.492. The number of oxime groups is 1. The first-order chi connectivity index (χ1) is 8.11. The number of nitrogens with zero attached hydrogens (tertiary/aromatic N) is 1. The zero-order valence-electron chi connectivity index (χ0n) is 9.40. The molecule has 0 aliphatic heterocycles. The van der Waals surface area contributed by atoms with Gasteiger partial charge in [-0.3, -0.25) is 4.79 Å². The molecule has 0 unspecified atom stereocenters. The molecule has 5 heteroatoms. The van der Waals surface area contributed by atoms with E-state index in [-0.39, 0.29) is 17.5 Å². The maximum atomic E-state index is 13.5. The highest BCUT2D eigenvalue weighted by atomic mass is 19.1. The topological polar surface area (TPSA) is 61.7 Å². The minimum Gasteiger partial charge on any atom is -0.411 e. The molecule has 1 saturated carbocycles. The maximum Gasteiger partial charge on any atom is 0.227 e. The van der Waals surface area contributed by atoms with Gasteiger partial charge in [0.05, 0.1) is 11.4 Å². The summed E-state index contributed by atoms with van der Waals surface area (Å²) < 4.78 is 13.5. The van der Waals surface area contributed by atoms with Crippen molar-refractivity contribution in [1.29, 1.82) is 0 Å². The molecule has 1 amide bonds. The van der Waals surface area contributed by atoms with Gasteiger partial charge in [0.2, 0.25) is 5.91 Å². The van der Waals surface area contributed by atoms with Crippen molar-refractivity contribution in [2.75, 3.05) is 5.32 Å². The third-order valence-electron chi connectivity index (χ3n) is 2.74. The Morgan fingerprint density at radius 3 is 2.82 bits per heavy atom. The largest absolute Gasteiger partial charge is 0.411 e. The van der Waals surface area contributed by atoms with Crippen LogP contribution in [-0.4, -0.2) is 16.8 Å². The van der Waals surface area contributed by atoms with Gasteiger partial charge in [-0.25, -0.2) is 4.39 Å². The number of benzene rings is 1. The van der Waals surface area contributed by atoms with Crippen molar-refractivity contribution in [1.82, 2.24) is 0 Å². The third-order valence-corrected chi connectivity index (χ3v) is 2.74. The van der Waals surface area contributed by atoms with E-state index in [1.54, 1.807) is 6.92 Å². The summed E-state index contributed by atoms with van der Waals surface area (Å²) in [4.78, 5) is 11.5. The summed E-state index contributed by atoms with van der Waals surface area (Å²) in [5.74, 6) is -0.626. The lowest BCUT2D eigenvalue weighted by molar-refractivity contribution is -0.117. The number of carbonyl (C=O) groups is 1. The molecule has 90 valence electrons. The fourth-order valence-corrected chi connectivity index (χ4v) is 1.48. The van der Waals surface area contributed by atoms with Crippen LogP contribution in [0.5, 0.6) is 0 Å². The molecule has 1 aliphatic rings. The predicted octanol–water partition coefficient (Wildman–Crippen LogP) is 2.37. The number of nitrogens with one attached hydrogen (secondary N) is 1. The summed E-state index contributed by atoms with van der Waals surface area (Å²) in [5, 5.41) is 14.2. The van der Waals surface area contributed by atoms with E-state index in [9.17, 15) is 9.18 Å². The van der Waals surface area contributed by atoms with E-state index in [1.165, 1.54) is 18.2 Å². The Morgan fingerprint density at radius 1 is 1.53 bits per heavy atom. The van der Waals surface area contributed by atoms with E-state index in [0.29, 0.717) is 11.3 Å². The molecule has 0 atom stereocenters. The van der Waals surface area contributed by atoms with Crippen LogP contribution in [0.4, 0.5) is 10.1 Å². The average molecular weight is 236 g/mol. The van der Waals surface area contributed by atoms with Crippen LogP contribution in [0.3, 0.4) is 0 Å². The van der Waals surface area contributed by atoms with Gasteiger partial charge in [-0.1, -0.05) is 5.16 Å². The fraction of sp³-hybridized carbons (Fsp3) is 0.333. The van der Waals surface area contributed by atoms with Crippen LogP contribution in [0.1, 0.15) is 25.3 Å². The minimum absolute atomic E-state index is 0.0191. The molecule has 0 bridgehead atoms. The quantitative estimate of drug-likeness (QED) is 0.481. The lowest BCUT2D eigenvalue weighted by Gasteiger charge is -2.07. The van der Waals surface area contributed by atoms with Crippen molar-refractivity contribution in [3.63, 3.8) is 0 Å². The average Bonchev–Trinajstić information content (AvgIpc) is 3.14. The van der Waals surface area contributed by atoms with Crippen molar-refractivity contribution in [2.45, 2.75) is 19.8 Å². The van der Waals surface area contributed by atoms with Crippen LogP contribution < -0.4 is 5.32 Å². The lowest BCUT2D eigenvalue weighted by atomic mass is 10.1. The van der Waals surface area contributed by atoms with Crippen LogP contribution in [0.25, 0.3) is 0 Å². The normalized spacial score (nSPS) is 15.8. The summed E-state index contributed by atoms with van der Waals surface area (Å²) in [5.41, 5.74) is 1.06. The number of carbonyl (C=O) groups excluding carboxylic acids is 1. The first-order valence-corrected chi connectivity index (χ1v) is 5.41. The van der Waals surface area contributed by atoms with Gasteiger partial charge >= 0.3 is 0 Å². The van der Waals surface area contributed by atoms with Gasteiger partial charge in [0.1, 0.15) is 5.82 Å². The lowest BCUT2D eigenvalue weighted by Crippen LogP contribution is -2.14. The number of hydrogen-bond donors (Lipinski definition) is 2. The molecule has 0 spiro atoms. The SMILES string of the molecule is CC(=NO)c1ccc(F)c(NC(=O)C2CC2)c1. The van der Waals surface area contributed by atoms with Crippen LogP contribution in [0, 0.1) is 11.7 Å². The summed E-state index contributed by atoms with van der Waals surface area (Å²) in [6.45, 7) is 1.60. The Kier molecular flexibility index (Phi) is 3.08. The van der Waals surface area contributed by atoms with Gasteiger partial charge in [-0.05, 0) is 38.0 Å². The van der Waals surface area contributed by atoms with Gasteiger partial charge in [0, 0.05) is 11.5 Å². The standard InChI is InChI=1S/C12H13FN2O2/c1-7(15-17)9-4-5-10(13)11(6-9)14-12(16)8-2-3-8/h4-6,8,17H,2-3H2,1H3,(H,14,16). The zero-order chi connectivity index (χ0) is 12.4. The van der Waals surface area contributed by atoms with Gasteiger partial charge in [-0.15, -0.1) is 0 Å². The van der Waals surface area contributed by atoms with E-state index in [2.05, 4.69) is 10.5 Å². The second-order valence-corrected chi connectivity index (χ2v) is 4.14. The van der Waals surface area contributed by atoms with Crippen molar-refractivity contribution in [3.8, 4) is 0 Å². The highest BCUT2D eigenvalue weighted by molar-refractivity contribution is 6.00. The molecule has 0 aromatic heterocycles. The molecular formula is C12H13FN2O2. The Hall–Kier alpha value is -1.91. The molecule has 1 fully saturated rings. The zero-order valence-corrected chi connectivity index (χ0v) is 9.40. The molecule has 2 rings (SSSR count). The Bertz CT molecular complexity index is 481. The van der Waals surface area contributed by atoms with Gasteiger partial charge < -0.3 is 10.5 Å². The van der Waals surface area contributed by atoms with E-state index < -0.39 is 5.82 Å². The van der Waals surface area contributed by atoms with Gasteiger partial charge in [0.25, 0.3) is 0 Å². The van der Waals surface area contributed by atoms with Crippen molar-refractivity contribution < 1.29 is 14.4 Å². The van der Waals surface area contributed by atoms with E-state index in [0.717, 1.165) is 12.8 Å². The van der Waals surface area contributed by atoms with E-state index in [4.69, 9.17) is 5.21 Å². The van der Waals surface area contributed by atoms with Crippen molar-refractivity contribution in [3.05, 3.63) is 29.6 Å². The van der Waals surface area contributed by atoms with Crippen LogP contribution in [-0.2, 0) is 4.79 Å². The second-order valence-electron chi connectivity index (χ2n) is 4.14. The van der Waals surface area contributed by atoms with Crippen LogP contribution in [0.2, 0.25) is 0 Å². The first-order valence-electron chi connectivity index (χ1n) is 5.41. The number of rotatable bonds is 3. The molecule has 4 nitrogen and oxygen atoms in total. The van der Waals surface area contributed by atoms with Crippen molar-refractivity contribution in [2.24, 2.45) is 11.1 Å². The Balaban J connectivity index is 2.22. The molecule has 0 radical (unpaired) electrons. The molecule has 2 N–H and O–H groups in total. The molecule has 17 heavy (non-hydrogen) atoms. The molecule has 1 aliphatic carbocycles. The van der Waals surface area contributed by atoms with Crippen LogP contribution >= 0.6 is 0 Å². The monoisotopic (exact) mass is 236 g/mol. The molecule has 0 saturated heterocycles. The van der Waals surface area contributed by atoms with Gasteiger partial charge in [0.15, 0.2) is 0 Å². The van der Waals surface area contributed by atoms with Gasteiger partial charge in [-0.2, -0.15) is 0 Å². The van der Waals surface area contributed by atoms with Crippen LogP contribution in [0.15, 0.2) is 23.4 Å². The first kappa shape index (κ1) is 11.6. The summed E-state index contributed by atoms with van der Waals surface area (Å²) in [7, 11) is 0. The fourth-order valence-electron chi connectivity index (χ4n) is 1.48. The highest BCUT2D eigenvalue weighted by Gasteiger charge is 2.30. The molecule has 1 aromatic rings. The van der Waals surface area contributed by atoms with Crippen molar-refractivity contribution >= 4 is 17.3 Å². The second kappa shape index (κ2) is 4.53. The highest BCUT2D eigenvalue weighted by Crippen LogP contribution is 2.30. The molecule has 0 heterocycles. The predicted molar refractivity (Wildman–Crippen MR) is 61.8 cm³/mol. The third kappa shape index (κ3) is 2.61. The molecule has 1 aromatic carbocycles. The summed E-state index contributed by atoms with van der Waals surface area (Å²) >= 11 is 0. The maximum absolute atomic E-state index is 13.5. The Morgan fingerprint density at radius 2 is 2.24 bits per heavy atom. The smallest absolute Gasteiger partial charge is 0.227 e. The Labute approximate surface area is 98.1 Å². The number of amides is 1. The number of hydrogen-bond acceptors (Lipinski definition) is 3. The van der Waals surface area contributed by atoms with E-state index in [1.807, 2.05) is 0 Å². The summed E-state index contributed by atoms with van der Waals surface area (Å²) in [6, 6.07) is 4.20. The number of anilines is 1. The number of halogens is 1. The summed E-state index contributed by atoms with van der Waals surface area (Å²) in [6.07, 6.45) is 1.73. The molecular weight excluding hydrogens is 223 g/mol. The van der Waals surface area contributed by atoms with E-state index >= 15 is 0 Å².